The molecule has 5 nitrogen and oxygen atoms in total. The molecule has 26 heavy (non-hydrogen) atoms. The molecule has 4 aromatic rings. The number of nitrogens with zero attached hydrogens (tertiary/aromatic N) is 3. The number of pyridine rings is 2. The Morgan fingerprint density at radius 2 is 1.92 bits per heavy atom. The lowest BCUT2D eigenvalue weighted by Gasteiger charge is -2.12. The summed E-state index contributed by atoms with van der Waals surface area (Å²) in [5.41, 5.74) is 6.84. The first kappa shape index (κ1) is 16.2. The van der Waals surface area contributed by atoms with E-state index in [2.05, 4.69) is 35.1 Å². The predicted octanol–water partition coefficient (Wildman–Crippen LogP) is 4.45. The molecule has 4 rings (SSSR count). The molecule has 130 valence electrons. The van der Waals surface area contributed by atoms with E-state index in [4.69, 9.17) is 9.72 Å². The second kappa shape index (κ2) is 6.22. The lowest BCUT2D eigenvalue weighted by Crippen LogP contribution is -1.95. The summed E-state index contributed by atoms with van der Waals surface area (Å²) in [6, 6.07) is 10.9. The van der Waals surface area contributed by atoms with Gasteiger partial charge in [0.1, 0.15) is 22.7 Å². The molecule has 0 radical (unpaired) electrons. The van der Waals surface area contributed by atoms with Crippen molar-refractivity contribution in [2.75, 3.05) is 7.11 Å². The maximum atomic E-state index is 13.1. The van der Waals surface area contributed by atoms with Gasteiger partial charge in [0, 0.05) is 23.4 Å². The maximum Gasteiger partial charge on any atom is 0.212 e. The number of aryl methyl sites for hydroxylation is 1. The number of aromatic nitrogens is 4. The molecule has 1 aromatic carbocycles. The van der Waals surface area contributed by atoms with Crippen molar-refractivity contribution in [2.24, 2.45) is 0 Å². The summed E-state index contributed by atoms with van der Waals surface area (Å²) in [6.45, 7) is 4.13. The number of ether oxygens (including phenoxy) is 1. The van der Waals surface area contributed by atoms with Crippen LogP contribution >= 0.6 is 0 Å². The van der Waals surface area contributed by atoms with Gasteiger partial charge in [-0.25, -0.2) is 9.97 Å². The van der Waals surface area contributed by atoms with Crippen molar-refractivity contribution in [3.05, 3.63) is 59.7 Å². The summed E-state index contributed by atoms with van der Waals surface area (Å²) in [7, 11) is 1.62. The van der Waals surface area contributed by atoms with E-state index < -0.39 is 5.95 Å². The Kier molecular flexibility index (Phi) is 3.88. The van der Waals surface area contributed by atoms with Crippen LogP contribution in [0.1, 0.15) is 11.1 Å². The van der Waals surface area contributed by atoms with Crippen LogP contribution in [0.15, 0.2) is 42.6 Å². The molecule has 1 N–H and O–H groups in total. The van der Waals surface area contributed by atoms with Crippen LogP contribution in [0.3, 0.4) is 0 Å². The van der Waals surface area contributed by atoms with E-state index in [0.29, 0.717) is 22.5 Å². The minimum absolute atomic E-state index is 0.528. The third kappa shape index (κ3) is 2.60. The van der Waals surface area contributed by atoms with E-state index in [9.17, 15) is 4.39 Å². The highest BCUT2D eigenvalue weighted by Gasteiger charge is 2.17. The lowest BCUT2D eigenvalue weighted by molar-refractivity contribution is 0.415. The highest BCUT2D eigenvalue weighted by molar-refractivity contribution is 5.92. The van der Waals surface area contributed by atoms with Crippen LogP contribution in [-0.4, -0.2) is 27.3 Å². The van der Waals surface area contributed by atoms with Gasteiger partial charge in [-0.1, -0.05) is 18.2 Å². The smallest absolute Gasteiger partial charge is 0.212 e. The quantitative estimate of drug-likeness (QED) is 0.556. The molecule has 0 fully saturated rings. The van der Waals surface area contributed by atoms with Gasteiger partial charge in [0.05, 0.1) is 12.6 Å². The van der Waals surface area contributed by atoms with E-state index >= 15 is 0 Å². The number of rotatable bonds is 3. The van der Waals surface area contributed by atoms with E-state index in [-0.39, 0.29) is 0 Å². The molecule has 0 aliphatic heterocycles. The molecule has 0 atom stereocenters. The maximum absolute atomic E-state index is 13.1. The molecule has 0 aliphatic carbocycles. The lowest BCUT2D eigenvalue weighted by atomic mass is 9.99. The third-order valence-corrected chi connectivity index (χ3v) is 4.58. The molecule has 0 aliphatic rings. The number of hydrogen-bond donors (Lipinski definition) is 1. The molecule has 3 aromatic heterocycles. The Morgan fingerprint density at radius 3 is 2.65 bits per heavy atom. The zero-order valence-corrected chi connectivity index (χ0v) is 14.7. The van der Waals surface area contributed by atoms with Gasteiger partial charge in [0.15, 0.2) is 0 Å². The first-order chi connectivity index (χ1) is 12.6. The Balaban J connectivity index is 1.97. The number of nitrogens with one attached hydrogen (secondary N) is 1. The molecule has 0 bridgehead atoms. The van der Waals surface area contributed by atoms with Gasteiger partial charge in [-0.3, -0.25) is 5.10 Å². The van der Waals surface area contributed by atoms with Gasteiger partial charge in [0.25, 0.3) is 0 Å². The van der Waals surface area contributed by atoms with Gasteiger partial charge >= 0.3 is 0 Å². The molecule has 3 heterocycles. The summed E-state index contributed by atoms with van der Waals surface area (Å²) in [4.78, 5) is 8.55. The zero-order chi connectivity index (χ0) is 18.3. The van der Waals surface area contributed by atoms with Gasteiger partial charge in [-0.05, 0) is 37.1 Å². The molecule has 0 unspecified atom stereocenters. The van der Waals surface area contributed by atoms with Crippen LogP contribution in [0.4, 0.5) is 4.39 Å². The topological polar surface area (TPSA) is 63.7 Å². The molecule has 0 amide bonds. The standard InChI is InChI=1S/C20H17FN4O/c1-11-5-4-6-14(12(11)2)19-16(26-3)9-15-20(23-19)18(25-24-15)13-7-8-17(21)22-10-13/h4-10H,1-3H3,(H,24,25). The van der Waals surface area contributed by atoms with Crippen LogP contribution in [-0.2, 0) is 0 Å². The average molecular weight is 348 g/mol. The van der Waals surface area contributed by atoms with E-state index in [1.54, 1.807) is 13.2 Å². The van der Waals surface area contributed by atoms with Crippen molar-refractivity contribution in [1.82, 2.24) is 20.2 Å². The molecule has 0 saturated carbocycles. The summed E-state index contributed by atoms with van der Waals surface area (Å²) < 4.78 is 18.7. The van der Waals surface area contributed by atoms with Gasteiger partial charge in [-0.15, -0.1) is 0 Å². The second-order valence-corrected chi connectivity index (χ2v) is 6.12. The highest BCUT2D eigenvalue weighted by atomic mass is 19.1. The predicted molar refractivity (Wildman–Crippen MR) is 98.5 cm³/mol. The minimum atomic E-state index is -0.528. The molecular formula is C20H17FN4O. The third-order valence-electron chi connectivity index (χ3n) is 4.58. The summed E-state index contributed by atoms with van der Waals surface area (Å²) in [6.07, 6.45) is 1.45. The van der Waals surface area contributed by atoms with E-state index in [1.807, 2.05) is 18.2 Å². The Hall–Kier alpha value is -3.28. The fraction of sp³-hybridized carbons (Fsp3) is 0.150. The van der Waals surface area contributed by atoms with Crippen molar-refractivity contribution in [2.45, 2.75) is 13.8 Å². The van der Waals surface area contributed by atoms with E-state index in [1.165, 1.54) is 17.8 Å². The van der Waals surface area contributed by atoms with Crippen LogP contribution in [0.2, 0.25) is 0 Å². The monoisotopic (exact) mass is 348 g/mol. The van der Waals surface area contributed by atoms with Crippen LogP contribution < -0.4 is 4.74 Å². The molecular weight excluding hydrogens is 331 g/mol. The van der Waals surface area contributed by atoms with E-state index in [0.717, 1.165) is 22.3 Å². The van der Waals surface area contributed by atoms with Crippen molar-refractivity contribution in [1.29, 1.82) is 0 Å². The van der Waals surface area contributed by atoms with Crippen molar-refractivity contribution < 1.29 is 9.13 Å². The largest absolute Gasteiger partial charge is 0.494 e. The Bertz CT molecular complexity index is 1100. The Labute approximate surface area is 149 Å². The summed E-state index contributed by atoms with van der Waals surface area (Å²) in [5.74, 6) is 0.137. The zero-order valence-electron chi connectivity index (χ0n) is 14.7. The van der Waals surface area contributed by atoms with Crippen LogP contribution in [0.5, 0.6) is 5.75 Å². The summed E-state index contributed by atoms with van der Waals surface area (Å²) in [5, 5.41) is 7.31. The Morgan fingerprint density at radius 1 is 1.08 bits per heavy atom. The first-order valence-corrected chi connectivity index (χ1v) is 8.20. The summed E-state index contributed by atoms with van der Waals surface area (Å²) >= 11 is 0. The van der Waals surface area contributed by atoms with Crippen LogP contribution in [0.25, 0.3) is 33.5 Å². The van der Waals surface area contributed by atoms with Crippen molar-refractivity contribution in [3.8, 4) is 28.3 Å². The fourth-order valence-corrected chi connectivity index (χ4v) is 3.00. The SMILES string of the molecule is COc1cc2[nH]nc(-c3ccc(F)nc3)c2nc1-c1cccc(C)c1C. The number of aromatic amines is 1. The van der Waals surface area contributed by atoms with Crippen molar-refractivity contribution in [3.63, 3.8) is 0 Å². The number of methoxy groups -OCH3 is 1. The number of hydrogen-bond acceptors (Lipinski definition) is 4. The minimum Gasteiger partial charge on any atom is -0.494 e. The van der Waals surface area contributed by atoms with Crippen LogP contribution in [0, 0.1) is 19.8 Å². The molecule has 6 heteroatoms. The van der Waals surface area contributed by atoms with Gasteiger partial charge in [0.2, 0.25) is 5.95 Å². The normalized spacial score (nSPS) is 11.1. The number of halogens is 1. The van der Waals surface area contributed by atoms with Gasteiger partial charge in [-0.2, -0.15) is 9.49 Å². The fourth-order valence-electron chi connectivity index (χ4n) is 3.00. The number of H-pyrrole nitrogens is 1. The van der Waals surface area contributed by atoms with Crippen molar-refractivity contribution >= 4 is 11.0 Å². The highest BCUT2D eigenvalue weighted by Crippen LogP contribution is 2.36. The molecule has 0 saturated heterocycles. The second-order valence-electron chi connectivity index (χ2n) is 6.12. The molecule has 0 spiro atoms. The number of benzene rings is 1. The number of fused-ring (bicyclic) bond motifs is 1. The average Bonchev–Trinajstić information content (AvgIpc) is 3.06. The van der Waals surface area contributed by atoms with Gasteiger partial charge < -0.3 is 4.74 Å². The first-order valence-electron chi connectivity index (χ1n) is 8.20.